The number of fused-ring (bicyclic) bond motifs is 1. The van der Waals surface area contributed by atoms with E-state index in [0.717, 1.165) is 7.11 Å². The Morgan fingerprint density at radius 2 is 1.88 bits per heavy atom. The summed E-state index contributed by atoms with van der Waals surface area (Å²) in [5.74, 6) is -0.857. The molecule has 178 valence electrons. The van der Waals surface area contributed by atoms with Crippen LogP contribution in [0.1, 0.15) is 55.2 Å². The second kappa shape index (κ2) is 8.75. The van der Waals surface area contributed by atoms with Crippen LogP contribution in [0.4, 0.5) is 28.0 Å². The number of aliphatic imine (C=N–C) groups is 1. The van der Waals surface area contributed by atoms with E-state index >= 15 is 0 Å². The van der Waals surface area contributed by atoms with Gasteiger partial charge in [0.2, 0.25) is 0 Å². The van der Waals surface area contributed by atoms with Crippen molar-refractivity contribution in [3.63, 3.8) is 0 Å². The summed E-state index contributed by atoms with van der Waals surface area (Å²) in [5.41, 5.74) is 0.0916. The molecule has 0 heterocycles. The monoisotopic (exact) mass is 468 g/mol. The quantitative estimate of drug-likeness (QED) is 0.554. The van der Waals surface area contributed by atoms with Gasteiger partial charge in [0.1, 0.15) is 17.7 Å². The molecule has 10 heteroatoms. The summed E-state index contributed by atoms with van der Waals surface area (Å²) in [6, 6.07) is 5.48. The molecule has 0 saturated heterocycles. The van der Waals surface area contributed by atoms with E-state index in [1.807, 2.05) is 0 Å². The van der Waals surface area contributed by atoms with Crippen molar-refractivity contribution in [2.45, 2.75) is 51.0 Å². The maximum Gasteiger partial charge on any atom is 0.418 e. The van der Waals surface area contributed by atoms with E-state index in [9.17, 15) is 32.6 Å². The molecule has 0 aliphatic heterocycles. The van der Waals surface area contributed by atoms with Crippen LogP contribution < -0.4 is 10.1 Å². The van der Waals surface area contributed by atoms with Crippen molar-refractivity contribution in [2.24, 2.45) is 4.99 Å². The van der Waals surface area contributed by atoms with Crippen molar-refractivity contribution in [3.05, 3.63) is 58.4 Å². The van der Waals surface area contributed by atoms with Gasteiger partial charge >= 0.3 is 12.2 Å². The Morgan fingerprint density at radius 1 is 1.21 bits per heavy atom. The normalized spacial score (nSPS) is 18.2. The number of halogens is 4. The van der Waals surface area contributed by atoms with Crippen LogP contribution in [-0.2, 0) is 11.8 Å². The summed E-state index contributed by atoms with van der Waals surface area (Å²) in [4.78, 5) is 16.5. The molecule has 2 amide bonds. The first-order chi connectivity index (χ1) is 15.2. The van der Waals surface area contributed by atoms with Crippen molar-refractivity contribution in [3.8, 4) is 5.75 Å². The molecule has 0 saturated carbocycles. The first kappa shape index (κ1) is 24.7. The number of hydrogen-bond acceptors (Lipinski definition) is 4. The number of carbonyl (C=O) groups is 1. The van der Waals surface area contributed by atoms with Gasteiger partial charge in [-0.1, -0.05) is 26.8 Å². The zero-order valence-corrected chi connectivity index (χ0v) is 18.4. The number of benzene rings is 2. The number of urea groups is 1. The number of alkyl halides is 3. The molecule has 1 aliphatic carbocycles. The number of methoxy groups -OCH3 is 1. The topological polar surface area (TPSA) is 91.2 Å². The largest absolute Gasteiger partial charge is 0.494 e. The van der Waals surface area contributed by atoms with Gasteiger partial charge in [-0.25, -0.2) is 9.18 Å². The first-order valence-electron chi connectivity index (χ1n) is 10.0. The SMILES string of the molecule is COc1c(NC(=O)N=C2Cc3cc(F)ccc3[C@@H]2O)cc(C(C)(C)C)cc1[C@@H](O)C(F)(F)F. The molecule has 0 spiro atoms. The Morgan fingerprint density at radius 3 is 2.45 bits per heavy atom. The van der Waals surface area contributed by atoms with Gasteiger partial charge in [0.25, 0.3) is 0 Å². The molecule has 0 fully saturated rings. The molecule has 0 aromatic heterocycles. The number of carbonyl (C=O) groups excluding carboxylic acids is 1. The molecule has 3 N–H and O–H groups in total. The van der Waals surface area contributed by atoms with Crippen LogP contribution in [0, 0.1) is 5.82 Å². The maximum absolute atomic E-state index is 13.5. The van der Waals surface area contributed by atoms with E-state index in [1.54, 1.807) is 20.8 Å². The summed E-state index contributed by atoms with van der Waals surface area (Å²) >= 11 is 0. The van der Waals surface area contributed by atoms with Gasteiger partial charge in [-0.15, -0.1) is 0 Å². The highest BCUT2D eigenvalue weighted by atomic mass is 19.4. The van der Waals surface area contributed by atoms with Gasteiger partial charge in [-0.3, -0.25) is 0 Å². The third kappa shape index (κ3) is 5.17. The minimum absolute atomic E-state index is 0.0406. The molecule has 6 nitrogen and oxygen atoms in total. The fourth-order valence-electron chi connectivity index (χ4n) is 3.62. The van der Waals surface area contributed by atoms with Crippen LogP contribution in [0.25, 0.3) is 0 Å². The predicted molar refractivity (Wildman–Crippen MR) is 114 cm³/mol. The molecular formula is C23H24F4N2O4. The van der Waals surface area contributed by atoms with E-state index in [4.69, 9.17) is 4.74 Å². The number of aliphatic hydroxyl groups excluding tert-OH is 2. The minimum Gasteiger partial charge on any atom is -0.494 e. The second-order valence-electron chi connectivity index (χ2n) is 8.80. The third-order valence-corrected chi connectivity index (χ3v) is 5.37. The number of amides is 2. The average Bonchev–Trinajstić information content (AvgIpc) is 2.99. The molecule has 0 bridgehead atoms. The summed E-state index contributed by atoms with van der Waals surface area (Å²) in [6.45, 7) is 5.28. The molecule has 2 atom stereocenters. The highest BCUT2D eigenvalue weighted by molar-refractivity contribution is 6.05. The third-order valence-electron chi connectivity index (χ3n) is 5.37. The van der Waals surface area contributed by atoms with Crippen LogP contribution in [0.2, 0.25) is 0 Å². The van der Waals surface area contributed by atoms with Crippen LogP contribution >= 0.6 is 0 Å². The summed E-state index contributed by atoms with van der Waals surface area (Å²) in [5, 5.41) is 22.7. The highest BCUT2D eigenvalue weighted by Gasteiger charge is 2.42. The highest BCUT2D eigenvalue weighted by Crippen LogP contribution is 2.43. The van der Waals surface area contributed by atoms with Gasteiger partial charge in [0.15, 0.2) is 6.10 Å². The zero-order chi connectivity index (χ0) is 24.7. The van der Waals surface area contributed by atoms with Crippen LogP contribution in [0.15, 0.2) is 35.3 Å². The second-order valence-corrected chi connectivity index (χ2v) is 8.80. The number of aliphatic hydroxyl groups is 2. The molecule has 0 unspecified atom stereocenters. The number of ether oxygens (including phenoxy) is 1. The molecule has 33 heavy (non-hydrogen) atoms. The molecular weight excluding hydrogens is 444 g/mol. The Bertz CT molecular complexity index is 1110. The number of nitrogens with zero attached hydrogens (tertiary/aromatic N) is 1. The summed E-state index contributed by atoms with van der Waals surface area (Å²) in [7, 11) is 1.12. The number of anilines is 1. The fraction of sp³-hybridized carbons (Fsp3) is 0.391. The minimum atomic E-state index is -4.96. The molecule has 3 rings (SSSR count). The van der Waals surface area contributed by atoms with Gasteiger partial charge in [0.05, 0.1) is 18.5 Å². The van der Waals surface area contributed by atoms with E-state index < -0.39 is 41.2 Å². The van der Waals surface area contributed by atoms with Crippen molar-refractivity contribution in [2.75, 3.05) is 12.4 Å². The first-order valence-corrected chi connectivity index (χ1v) is 10.0. The van der Waals surface area contributed by atoms with Crippen molar-refractivity contribution in [1.29, 1.82) is 0 Å². The Kier molecular flexibility index (Phi) is 6.54. The van der Waals surface area contributed by atoms with E-state index in [1.165, 1.54) is 30.3 Å². The van der Waals surface area contributed by atoms with Gasteiger partial charge in [-0.05, 0) is 46.4 Å². The van der Waals surface area contributed by atoms with Gasteiger partial charge < -0.3 is 20.3 Å². The van der Waals surface area contributed by atoms with Crippen molar-refractivity contribution < 1.29 is 37.3 Å². The van der Waals surface area contributed by atoms with Gasteiger partial charge in [-0.2, -0.15) is 18.2 Å². The lowest BCUT2D eigenvalue weighted by molar-refractivity contribution is -0.207. The average molecular weight is 468 g/mol. The summed E-state index contributed by atoms with van der Waals surface area (Å²) < 4.78 is 58.4. The molecule has 2 aromatic rings. The summed E-state index contributed by atoms with van der Waals surface area (Å²) in [6.07, 6.45) is -8.96. The van der Waals surface area contributed by atoms with Crippen LogP contribution in [0.3, 0.4) is 0 Å². The fourth-order valence-corrected chi connectivity index (χ4v) is 3.62. The van der Waals surface area contributed by atoms with Crippen LogP contribution in [-0.4, -0.2) is 35.2 Å². The lowest BCUT2D eigenvalue weighted by Crippen LogP contribution is -2.23. The smallest absolute Gasteiger partial charge is 0.418 e. The Balaban J connectivity index is 1.99. The van der Waals surface area contributed by atoms with E-state index in [0.29, 0.717) is 16.7 Å². The predicted octanol–water partition coefficient (Wildman–Crippen LogP) is 4.99. The van der Waals surface area contributed by atoms with Crippen molar-refractivity contribution in [1.82, 2.24) is 0 Å². The van der Waals surface area contributed by atoms with E-state index in [-0.39, 0.29) is 23.6 Å². The zero-order valence-electron chi connectivity index (χ0n) is 18.4. The number of nitrogens with one attached hydrogen (secondary N) is 1. The Labute approximate surface area is 187 Å². The lowest BCUT2D eigenvalue weighted by Gasteiger charge is -2.26. The standard InChI is InChI=1S/C23H24F4N2O4/c1-22(2,3)12-9-15(20(31)23(25,26)27)19(33-4)17(10-12)29-21(32)28-16-8-11-7-13(24)5-6-14(11)18(16)30/h5-7,9-10,18,20,30-31H,8H2,1-4H3,(H,29,32)/t18-,20+/m0/s1. The Hall–Kier alpha value is -2.98. The number of rotatable bonds is 3. The molecule has 1 aliphatic rings. The number of hydrogen-bond donors (Lipinski definition) is 3. The molecule has 2 aromatic carbocycles. The van der Waals surface area contributed by atoms with Crippen molar-refractivity contribution >= 4 is 17.4 Å². The van der Waals surface area contributed by atoms with Gasteiger partial charge in [0, 0.05) is 12.0 Å². The lowest BCUT2D eigenvalue weighted by atomic mass is 9.84. The van der Waals surface area contributed by atoms with Crippen LogP contribution in [0.5, 0.6) is 5.75 Å². The maximum atomic E-state index is 13.5. The molecule has 0 radical (unpaired) electrons. The van der Waals surface area contributed by atoms with E-state index in [2.05, 4.69) is 10.3 Å².